The standard InChI is InChI=1S/C27H27ClN2O3S/c1-3-33-24-14-10-20(11-15-24)18(2)29-26(32)21-6-8-22(9-7-21)27-30(25(31)17-34-27)16-19-4-12-23(28)13-5-19/h4-15,18,27H,3,16-17H2,1-2H3,(H,29,32)/t18-,27+/m0/s1. The number of nitrogens with one attached hydrogen (secondary N) is 1. The molecule has 2 atom stereocenters. The molecule has 0 spiro atoms. The average molecular weight is 495 g/mol. The summed E-state index contributed by atoms with van der Waals surface area (Å²) in [5.41, 5.74) is 3.62. The van der Waals surface area contributed by atoms with Gasteiger partial charge in [0.15, 0.2) is 0 Å². The Morgan fingerprint density at radius 1 is 1.09 bits per heavy atom. The predicted molar refractivity (Wildman–Crippen MR) is 137 cm³/mol. The van der Waals surface area contributed by atoms with Crippen molar-refractivity contribution in [3.8, 4) is 5.75 Å². The molecule has 34 heavy (non-hydrogen) atoms. The number of carbonyl (C=O) groups excluding carboxylic acids is 2. The third-order valence-corrected chi connectivity index (χ3v) is 7.24. The van der Waals surface area contributed by atoms with Crippen molar-refractivity contribution < 1.29 is 14.3 Å². The minimum atomic E-state index is -0.138. The summed E-state index contributed by atoms with van der Waals surface area (Å²) in [5, 5.41) is 3.64. The quantitative estimate of drug-likeness (QED) is 0.417. The highest BCUT2D eigenvalue weighted by Crippen LogP contribution is 2.39. The molecule has 4 rings (SSSR count). The smallest absolute Gasteiger partial charge is 0.251 e. The summed E-state index contributed by atoms with van der Waals surface area (Å²) in [5.74, 6) is 1.23. The van der Waals surface area contributed by atoms with E-state index in [4.69, 9.17) is 16.3 Å². The van der Waals surface area contributed by atoms with Gasteiger partial charge in [-0.3, -0.25) is 9.59 Å². The summed E-state index contributed by atoms with van der Waals surface area (Å²) in [6.07, 6.45) is 0. The number of hydrogen-bond acceptors (Lipinski definition) is 4. The lowest BCUT2D eigenvalue weighted by Crippen LogP contribution is -2.28. The summed E-state index contributed by atoms with van der Waals surface area (Å²) in [7, 11) is 0. The number of rotatable bonds is 8. The van der Waals surface area contributed by atoms with E-state index in [-0.39, 0.29) is 23.2 Å². The zero-order valence-electron chi connectivity index (χ0n) is 19.2. The molecule has 3 aromatic rings. The van der Waals surface area contributed by atoms with E-state index < -0.39 is 0 Å². The number of ether oxygens (including phenoxy) is 1. The largest absolute Gasteiger partial charge is 0.494 e. The average Bonchev–Trinajstić information content (AvgIpc) is 3.21. The van der Waals surface area contributed by atoms with E-state index in [2.05, 4.69) is 5.32 Å². The fourth-order valence-electron chi connectivity index (χ4n) is 3.87. The zero-order valence-corrected chi connectivity index (χ0v) is 20.7. The van der Waals surface area contributed by atoms with Gasteiger partial charge < -0.3 is 15.0 Å². The number of halogens is 1. The first-order valence-electron chi connectivity index (χ1n) is 11.2. The molecule has 0 radical (unpaired) electrons. The van der Waals surface area contributed by atoms with Crippen LogP contribution in [0.15, 0.2) is 72.8 Å². The molecule has 1 fully saturated rings. The first kappa shape index (κ1) is 24.2. The van der Waals surface area contributed by atoms with E-state index in [1.807, 2.05) is 91.5 Å². The number of amides is 2. The van der Waals surface area contributed by atoms with E-state index in [0.717, 1.165) is 22.4 Å². The van der Waals surface area contributed by atoms with Crippen molar-refractivity contribution in [1.29, 1.82) is 0 Å². The topological polar surface area (TPSA) is 58.6 Å². The fourth-order valence-corrected chi connectivity index (χ4v) is 5.18. The molecule has 0 bridgehead atoms. The zero-order chi connectivity index (χ0) is 24.1. The molecule has 3 aromatic carbocycles. The molecule has 2 amide bonds. The van der Waals surface area contributed by atoms with Crippen LogP contribution in [0.5, 0.6) is 5.75 Å². The van der Waals surface area contributed by atoms with Crippen molar-refractivity contribution in [1.82, 2.24) is 10.2 Å². The molecular weight excluding hydrogens is 468 g/mol. The Kier molecular flexibility index (Phi) is 7.80. The predicted octanol–water partition coefficient (Wildman–Crippen LogP) is 6.00. The molecule has 0 saturated carbocycles. The third kappa shape index (κ3) is 5.75. The Labute approximate surface area is 209 Å². The fraction of sp³-hybridized carbons (Fsp3) is 0.259. The van der Waals surface area contributed by atoms with Crippen LogP contribution in [0.3, 0.4) is 0 Å². The second-order valence-electron chi connectivity index (χ2n) is 8.13. The normalized spacial score (nSPS) is 16.4. The number of carbonyl (C=O) groups is 2. The van der Waals surface area contributed by atoms with Crippen LogP contribution in [0.2, 0.25) is 5.02 Å². The van der Waals surface area contributed by atoms with Crippen LogP contribution in [0.1, 0.15) is 52.3 Å². The number of benzene rings is 3. The summed E-state index contributed by atoms with van der Waals surface area (Å²) < 4.78 is 5.48. The Hall–Kier alpha value is -2.96. The van der Waals surface area contributed by atoms with Gasteiger partial charge in [0.25, 0.3) is 5.91 Å². The molecule has 0 aliphatic carbocycles. The first-order valence-corrected chi connectivity index (χ1v) is 12.7. The lowest BCUT2D eigenvalue weighted by atomic mass is 10.1. The van der Waals surface area contributed by atoms with Crippen molar-refractivity contribution in [2.24, 2.45) is 0 Å². The maximum absolute atomic E-state index is 12.8. The van der Waals surface area contributed by atoms with Crippen LogP contribution in [0, 0.1) is 0 Å². The van der Waals surface area contributed by atoms with Gasteiger partial charge in [-0.05, 0) is 66.9 Å². The Morgan fingerprint density at radius 3 is 2.41 bits per heavy atom. The van der Waals surface area contributed by atoms with Crippen LogP contribution in [-0.4, -0.2) is 29.1 Å². The van der Waals surface area contributed by atoms with Gasteiger partial charge in [0.05, 0.1) is 18.4 Å². The molecule has 1 N–H and O–H groups in total. The van der Waals surface area contributed by atoms with E-state index in [0.29, 0.717) is 29.5 Å². The lowest BCUT2D eigenvalue weighted by molar-refractivity contribution is -0.128. The van der Waals surface area contributed by atoms with E-state index in [1.54, 1.807) is 11.8 Å². The third-order valence-electron chi connectivity index (χ3n) is 5.73. The van der Waals surface area contributed by atoms with Crippen molar-refractivity contribution in [2.45, 2.75) is 31.8 Å². The van der Waals surface area contributed by atoms with Gasteiger partial charge in [-0.25, -0.2) is 0 Å². The van der Waals surface area contributed by atoms with Gasteiger partial charge in [0, 0.05) is 17.1 Å². The minimum Gasteiger partial charge on any atom is -0.494 e. The highest BCUT2D eigenvalue weighted by Gasteiger charge is 2.32. The van der Waals surface area contributed by atoms with Crippen LogP contribution < -0.4 is 10.1 Å². The molecule has 176 valence electrons. The second kappa shape index (κ2) is 11.0. The molecule has 1 aliphatic heterocycles. The SMILES string of the molecule is CCOc1ccc([C@H](C)NC(=O)c2ccc([C@H]3SCC(=O)N3Cc3ccc(Cl)cc3)cc2)cc1. The van der Waals surface area contributed by atoms with E-state index in [9.17, 15) is 9.59 Å². The summed E-state index contributed by atoms with van der Waals surface area (Å²) in [4.78, 5) is 27.2. The van der Waals surface area contributed by atoms with Gasteiger partial charge >= 0.3 is 0 Å². The monoisotopic (exact) mass is 494 g/mol. The molecule has 0 aromatic heterocycles. The first-order chi connectivity index (χ1) is 16.4. The van der Waals surface area contributed by atoms with Gasteiger partial charge in [0.1, 0.15) is 11.1 Å². The molecule has 1 aliphatic rings. The molecule has 1 saturated heterocycles. The Balaban J connectivity index is 1.40. The van der Waals surface area contributed by atoms with Gasteiger partial charge in [0.2, 0.25) is 5.91 Å². The number of nitrogens with zero attached hydrogens (tertiary/aromatic N) is 1. The van der Waals surface area contributed by atoms with Crippen LogP contribution in [0.4, 0.5) is 0 Å². The second-order valence-corrected chi connectivity index (χ2v) is 9.64. The van der Waals surface area contributed by atoms with Crippen LogP contribution in [0.25, 0.3) is 0 Å². The Morgan fingerprint density at radius 2 is 1.76 bits per heavy atom. The Bertz CT molecular complexity index is 1130. The van der Waals surface area contributed by atoms with Gasteiger partial charge in [-0.2, -0.15) is 0 Å². The maximum Gasteiger partial charge on any atom is 0.251 e. The van der Waals surface area contributed by atoms with Crippen molar-refractivity contribution in [2.75, 3.05) is 12.4 Å². The summed E-state index contributed by atoms with van der Waals surface area (Å²) >= 11 is 7.58. The minimum absolute atomic E-state index is 0.0805. The van der Waals surface area contributed by atoms with Crippen LogP contribution >= 0.6 is 23.4 Å². The molecular formula is C27H27ClN2O3S. The van der Waals surface area contributed by atoms with Gasteiger partial charge in [-0.1, -0.05) is 48.0 Å². The van der Waals surface area contributed by atoms with E-state index >= 15 is 0 Å². The summed E-state index contributed by atoms with van der Waals surface area (Å²) in [6, 6.07) is 22.7. The molecule has 5 nitrogen and oxygen atoms in total. The number of hydrogen-bond donors (Lipinski definition) is 1. The van der Waals surface area contributed by atoms with Crippen molar-refractivity contribution in [3.63, 3.8) is 0 Å². The highest BCUT2D eigenvalue weighted by molar-refractivity contribution is 8.00. The van der Waals surface area contributed by atoms with E-state index in [1.165, 1.54) is 0 Å². The van der Waals surface area contributed by atoms with Gasteiger partial charge in [-0.15, -0.1) is 11.8 Å². The molecule has 7 heteroatoms. The highest BCUT2D eigenvalue weighted by atomic mass is 35.5. The summed E-state index contributed by atoms with van der Waals surface area (Å²) in [6.45, 7) is 5.05. The van der Waals surface area contributed by atoms with Crippen molar-refractivity contribution >= 4 is 35.2 Å². The molecule has 1 heterocycles. The maximum atomic E-state index is 12.8. The molecule has 0 unspecified atom stereocenters. The van der Waals surface area contributed by atoms with Crippen molar-refractivity contribution in [3.05, 3.63) is 100 Å². The number of thioether (sulfide) groups is 1. The lowest BCUT2D eigenvalue weighted by Gasteiger charge is -2.24. The van der Waals surface area contributed by atoms with Crippen LogP contribution in [-0.2, 0) is 11.3 Å².